The van der Waals surface area contributed by atoms with E-state index >= 15 is 0 Å². The number of hydrogen-bond acceptors (Lipinski definition) is 3. The third kappa shape index (κ3) is 2.05. The zero-order valence-electron chi connectivity index (χ0n) is 13.3. The molecule has 0 atom stereocenters. The maximum atomic E-state index is 12.1. The van der Waals surface area contributed by atoms with Crippen molar-refractivity contribution >= 4 is 17.3 Å². The highest BCUT2D eigenvalue weighted by Crippen LogP contribution is 2.57. The zero-order valence-corrected chi connectivity index (χ0v) is 13.3. The van der Waals surface area contributed by atoms with Gasteiger partial charge in [0.15, 0.2) is 0 Å². The van der Waals surface area contributed by atoms with Gasteiger partial charge in [0.2, 0.25) is 11.6 Å². The lowest BCUT2D eigenvalue weighted by atomic mass is 9.53. The predicted octanol–water partition coefficient (Wildman–Crippen LogP) is 3.60. The summed E-state index contributed by atoms with van der Waals surface area (Å²) < 4.78 is 0. The first-order valence-electron chi connectivity index (χ1n) is 8.87. The highest BCUT2D eigenvalue weighted by Gasteiger charge is 2.51. The van der Waals surface area contributed by atoms with Crippen LogP contribution in [0, 0.1) is 17.8 Å². The van der Waals surface area contributed by atoms with Gasteiger partial charge in [-0.25, -0.2) is 0 Å². The smallest absolute Gasteiger partial charge is 0.229 e. The van der Waals surface area contributed by atoms with E-state index in [4.69, 9.17) is 4.99 Å². The Balaban J connectivity index is 1.59. The summed E-state index contributed by atoms with van der Waals surface area (Å²) in [6.45, 7) is 0. The molecule has 1 aromatic carbocycles. The molecule has 0 heterocycles. The second-order valence-corrected chi connectivity index (χ2v) is 8.18. The molecular formula is C20H21NO2. The lowest BCUT2D eigenvalue weighted by molar-refractivity contribution is -0.114. The number of carbonyl (C=O) groups is 2. The van der Waals surface area contributed by atoms with Crippen molar-refractivity contribution in [2.45, 2.75) is 50.5 Å². The van der Waals surface area contributed by atoms with Crippen molar-refractivity contribution in [1.29, 1.82) is 0 Å². The normalized spacial score (nSPS) is 39.8. The fraction of sp³-hybridized carbons (Fsp3) is 0.550. The molecule has 5 aliphatic rings. The minimum atomic E-state index is -0.343. The summed E-state index contributed by atoms with van der Waals surface area (Å²) in [5.41, 5.74) is 2.37. The number of carbonyl (C=O) groups excluding carboxylic acids is 2. The largest absolute Gasteiger partial charge is 0.290 e. The molecule has 4 fully saturated rings. The molecule has 3 nitrogen and oxygen atoms in total. The number of nitrogens with zero attached hydrogens (tertiary/aromatic N) is 1. The van der Waals surface area contributed by atoms with E-state index in [2.05, 4.69) is 0 Å². The van der Waals surface area contributed by atoms with Crippen LogP contribution in [0.15, 0.2) is 29.3 Å². The van der Waals surface area contributed by atoms with Crippen molar-refractivity contribution in [3.05, 3.63) is 35.4 Å². The van der Waals surface area contributed by atoms with E-state index in [0.717, 1.165) is 29.0 Å². The van der Waals surface area contributed by atoms with Gasteiger partial charge in [-0.2, -0.15) is 0 Å². The van der Waals surface area contributed by atoms with Gasteiger partial charge in [-0.3, -0.25) is 14.6 Å². The number of rotatable bonds is 1. The topological polar surface area (TPSA) is 46.5 Å². The molecule has 0 aromatic heterocycles. The Hall–Kier alpha value is -1.77. The average Bonchev–Trinajstić information content (AvgIpc) is 2.51. The Morgan fingerprint density at radius 2 is 1.43 bits per heavy atom. The molecule has 0 radical (unpaired) electrons. The number of fused-ring (bicyclic) bond motifs is 1. The van der Waals surface area contributed by atoms with Crippen LogP contribution in [0.2, 0.25) is 0 Å². The number of benzene rings is 1. The van der Waals surface area contributed by atoms with E-state index < -0.39 is 0 Å². The molecule has 0 amide bonds. The molecule has 0 saturated heterocycles. The second kappa shape index (κ2) is 4.62. The van der Waals surface area contributed by atoms with E-state index in [1.54, 1.807) is 6.07 Å². The predicted molar refractivity (Wildman–Crippen MR) is 87.8 cm³/mol. The van der Waals surface area contributed by atoms with Gasteiger partial charge in [0.25, 0.3) is 0 Å². The van der Waals surface area contributed by atoms with Crippen molar-refractivity contribution < 1.29 is 9.59 Å². The van der Waals surface area contributed by atoms with Gasteiger partial charge in [-0.1, -0.05) is 24.3 Å². The third-order valence-electron chi connectivity index (χ3n) is 6.44. The van der Waals surface area contributed by atoms with Crippen molar-refractivity contribution in [2.75, 3.05) is 0 Å². The number of ketones is 2. The molecular weight excluding hydrogens is 286 g/mol. The molecule has 0 aliphatic heterocycles. The van der Waals surface area contributed by atoms with Crippen LogP contribution >= 0.6 is 0 Å². The van der Waals surface area contributed by atoms with Crippen molar-refractivity contribution in [3.8, 4) is 0 Å². The monoisotopic (exact) mass is 307 g/mol. The van der Waals surface area contributed by atoms with Gasteiger partial charge in [0, 0.05) is 11.1 Å². The summed E-state index contributed by atoms with van der Waals surface area (Å²) in [6.07, 6.45) is 7.92. The van der Waals surface area contributed by atoms with E-state index in [0.29, 0.717) is 5.56 Å². The average molecular weight is 307 g/mol. The standard InChI is InChI=1S/C20H21NO2/c22-18-8-17(15-3-1-2-4-16(15)19(18)23)21-20-9-12-5-13(10-20)7-14(6-12)11-20/h1-4,12-14H,5-11H2. The Bertz CT molecular complexity index is 710. The minimum Gasteiger partial charge on any atom is -0.290 e. The van der Waals surface area contributed by atoms with Crippen molar-refractivity contribution in [2.24, 2.45) is 22.7 Å². The maximum Gasteiger partial charge on any atom is 0.229 e. The highest BCUT2D eigenvalue weighted by atomic mass is 16.2. The first kappa shape index (κ1) is 13.6. The molecule has 6 rings (SSSR count). The molecule has 4 bridgehead atoms. The number of aliphatic imine (C=N–C) groups is 1. The zero-order chi connectivity index (χ0) is 15.6. The SMILES string of the molecule is O=C1CC(=NC23CC4CC(CC(C4)C2)C3)c2ccccc2C1=O. The highest BCUT2D eigenvalue weighted by molar-refractivity contribution is 6.51. The van der Waals surface area contributed by atoms with Crippen LogP contribution in [-0.4, -0.2) is 22.8 Å². The molecule has 5 aliphatic carbocycles. The summed E-state index contributed by atoms with van der Waals surface area (Å²) in [5, 5.41) is 0. The Kier molecular flexibility index (Phi) is 2.74. The summed E-state index contributed by atoms with van der Waals surface area (Å²) in [4.78, 5) is 29.4. The van der Waals surface area contributed by atoms with Crippen molar-refractivity contribution in [3.63, 3.8) is 0 Å². The fourth-order valence-corrected chi connectivity index (χ4v) is 6.00. The lowest BCUT2D eigenvalue weighted by Gasteiger charge is -2.55. The molecule has 0 N–H and O–H groups in total. The Labute approximate surface area is 136 Å². The fourth-order valence-electron chi connectivity index (χ4n) is 6.00. The van der Waals surface area contributed by atoms with Crippen LogP contribution in [0.25, 0.3) is 0 Å². The van der Waals surface area contributed by atoms with Crippen LogP contribution in [0.4, 0.5) is 0 Å². The molecule has 3 heteroatoms. The molecule has 4 saturated carbocycles. The van der Waals surface area contributed by atoms with Crippen LogP contribution < -0.4 is 0 Å². The Morgan fingerprint density at radius 3 is 2.04 bits per heavy atom. The summed E-state index contributed by atoms with van der Waals surface area (Å²) in [5.74, 6) is 1.86. The summed E-state index contributed by atoms with van der Waals surface area (Å²) >= 11 is 0. The molecule has 0 unspecified atom stereocenters. The third-order valence-corrected chi connectivity index (χ3v) is 6.44. The molecule has 1 aromatic rings. The molecule has 23 heavy (non-hydrogen) atoms. The summed E-state index contributed by atoms with van der Waals surface area (Å²) in [7, 11) is 0. The quantitative estimate of drug-likeness (QED) is 0.744. The van der Waals surface area contributed by atoms with Crippen LogP contribution in [0.3, 0.4) is 0 Å². The minimum absolute atomic E-state index is 0.0534. The van der Waals surface area contributed by atoms with Crippen LogP contribution in [0.1, 0.15) is 60.9 Å². The first-order valence-corrected chi connectivity index (χ1v) is 8.87. The molecule has 0 spiro atoms. The van der Waals surface area contributed by atoms with E-state index in [1.807, 2.05) is 18.2 Å². The summed E-state index contributed by atoms with van der Waals surface area (Å²) in [6, 6.07) is 7.50. The van der Waals surface area contributed by atoms with Gasteiger partial charge in [-0.05, 0) is 56.3 Å². The molecule has 118 valence electrons. The first-order chi connectivity index (χ1) is 11.1. The van der Waals surface area contributed by atoms with E-state index in [1.165, 1.54) is 38.5 Å². The van der Waals surface area contributed by atoms with Gasteiger partial charge in [-0.15, -0.1) is 0 Å². The van der Waals surface area contributed by atoms with Gasteiger partial charge < -0.3 is 0 Å². The van der Waals surface area contributed by atoms with Crippen LogP contribution in [0.5, 0.6) is 0 Å². The van der Waals surface area contributed by atoms with Gasteiger partial charge in [0.1, 0.15) is 0 Å². The number of Topliss-reactive ketones (excluding diaryl/α,β-unsaturated/α-hetero) is 2. The van der Waals surface area contributed by atoms with Gasteiger partial charge >= 0.3 is 0 Å². The van der Waals surface area contributed by atoms with Gasteiger partial charge in [0.05, 0.1) is 17.7 Å². The number of hydrogen-bond donors (Lipinski definition) is 0. The lowest BCUT2D eigenvalue weighted by Crippen LogP contribution is -2.50. The second-order valence-electron chi connectivity index (χ2n) is 8.18. The van der Waals surface area contributed by atoms with Crippen molar-refractivity contribution in [1.82, 2.24) is 0 Å². The Morgan fingerprint density at radius 1 is 0.870 bits per heavy atom. The van der Waals surface area contributed by atoms with E-state index in [-0.39, 0.29) is 23.5 Å². The maximum absolute atomic E-state index is 12.1. The van der Waals surface area contributed by atoms with E-state index in [9.17, 15) is 9.59 Å². The van der Waals surface area contributed by atoms with Crippen LogP contribution in [-0.2, 0) is 4.79 Å².